The minimum absolute atomic E-state index is 0.0646. The van der Waals surface area contributed by atoms with Crippen LogP contribution in [0.1, 0.15) is 27.9 Å². The number of carbonyl (C=O) groups excluding carboxylic acids is 1. The lowest BCUT2D eigenvalue weighted by molar-refractivity contribution is 0.0417. The summed E-state index contributed by atoms with van der Waals surface area (Å²) >= 11 is 0. The normalized spacial score (nSPS) is 22.0. The van der Waals surface area contributed by atoms with Gasteiger partial charge in [-0.2, -0.15) is 0 Å². The van der Waals surface area contributed by atoms with E-state index in [4.69, 9.17) is 9.47 Å². The highest BCUT2D eigenvalue weighted by atomic mass is 16.5. The topological polar surface area (TPSA) is 62.2 Å². The van der Waals surface area contributed by atoms with Crippen molar-refractivity contribution in [1.29, 1.82) is 0 Å². The number of hydrogen-bond donors (Lipinski definition) is 1. The fourth-order valence-corrected chi connectivity index (χ4v) is 4.12. The predicted octanol–water partition coefficient (Wildman–Crippen LogP) is 2.57. The Morgan fingerprint density at radius 1 is 1.10 bits per heavy atom. The number of amides is 1. The zero-order valence-electron chi connectivity index (χ0n) is 17.1. The van der Waals surface area contributed by atoms with Crippen molar-refractivity contribution in [3.05, 3.63) is 59.2 Å². The number of anilines is 1. The van der Waals surface area contributed by atoms with Crippen LogP contribution in [0.25, 0.3) is 0 Å². The molecule has 4 rings (SSSR count). The monoisotopic (exact) mass is 396 g/mol. The maximum Gasteiger partial charge on any atom is 0.254 e. The summed E-state index contributed by atoms with van der Waals surface area (Å²) in [4.78, 5) is 17.1. The molecule has 2 aromatic carbocycles. The average Bonchev–Trinajstić information content (AvgIpc) is 3.17. The van der Waals surface area contributed by atoms with E-state index >= 15 is 0 Å². The van der Waals surface area contributed by atoms with E-state index in [0.717, 1.165) is 35.7 Å². The Balaban J connectivity index is 1.54. The van der Waals surface area contributed by atoms with Crippen molar-refractivity contribution in [1.82, 2.24) is 4.90 Å². The van der Waals surface area contributed by atoms with Crippen LogP contribution in [0.5, 0.6) is 5.75 Å². The molecule has 2 aliphatic rings. The molecule has 2 heterocycles. The lowest BCUT2D eigenvalue weighted by atomic mass is 9.92. The summed E-state index contributed by atoms with van der Waals surface area (Å²) in [5.41, 5.74) is 2.54. The van der Waals surface area contributed by atoms with Crippen LogP contribution in [0.4, 0.5) is 5.69 Å². The first kappa shape index (κ1) is 19.7. The second kappa shape index (κ2) is 8.05. The first-order valence-corrected chi connectivity index (χ1v) is 10.1. The summed E-state index contributed by atoms with van der Waals surface area (Å²) in [7, 11) is 1.64. The standard InChI is InChI=1S/C23H28N2O4/c1-17-3-6-19(7-4-17)23(27)9-10-25(16-23)22(26)18-5-8-21(28-2)20(15-18)24-11-13-29-14-12-24/h3-8,15,27H,9-14,16H2,1-2H3/t23-/m1/s1. The van der Waals surface area contributed by atoms with E-state index in [0.29, 0.717) is 38.3 Å². The molecule has 1 atom stereocenters. The molecule has 0 saturated carbocycles. The molecule has 2 aliphatic heterocycles. The fraction of sp³-hybridized carbons (Fsp3) is 0.435. The van der Waals surface area contributed by atoms with E-state index in [9.17, 15) is 9.90 Å². The maximum atomic E-state index is 13.2. The molecule has 1 amide bonds. The minimum Gasteiger partial charge on any atom is -0.495 e. The van der Waals surface area contributed by atoms with Crippen LogP contribution in [0.15, 0.2) is 42.5 Å². The Hall–Kier alpha value is -2.57. The Labute approximate surface area is 171 Å². The van der Waals surface area contributed by atoms with Crippen LogP contribution in [-0.2, 0) is 10.3 Å². The highest BCUT2D eigenvalue weighted by molar-refractivity contribution is 5.96. The molecule has 154 valence electrons. The van der Waals surface area contributed by atoms with Gasteiger partial charge in [0.25, 0.3) is 5.91 Å². The van der Waals surface area contributed by atoms with Gasteiger partial charge in [-0.15, -0.1) is 0 Å². The van der Waals surface area contributed by atoms with Crippen molar-refractivity contribution < 1.29 is 19.4 Å². The molecule has 6 heteroatoms. The number of morpholine rings is 1. The third-order valence-electron chi connectivity index (χ3n) is 5.90. The second-order valence-corrected chi connectivity index (χ2v) is 7.86. The van der Waals surface area contributed by atoms with Gasteiger partial charge in [-0.05, 0) is 37.1 Å². The summed E-state index contributed by atoms with van der Waals surface area (Å²) in [5.74, 6) is 0.686. The van der Waals surface area contributed by atoms with Gasteiger partial charge in [0, 0.05) is 25.2 Å². The van der Waals surface area contributed by atoms with Crippen molar-refractivity contribution in [3.8, 4) is 5.75 Å². The lowest BCUT2D eigenvalue weighted by Crippen LogP contribution is -2.37. The Kier molecular flexibility index (Phi) is 5.48. The quantitative estimate of drug-likeness (QED) is 0.861. The van der Waals surface area contributed by atoms with Gasteiger partial charge >= 0.3 is 0 Å². The number of β-amino-alcohol motifs (C(OH)–C–C–N with tert-alkyl or cyclic N) is 1. The first-order valence-electron chi connectivity index (χ1n) is 10.1. The third-order valence-corrected chi connectivity index (χ3v) is 5.90. The van der Waals surface area contributed by atoms with Crippen molar-refractivity contribution in [2.45, 2.75) is 18.9 Å². The van der Waals surface area contributed by atoms with E-state index in [-0.39, 0.29) is 5.91 Å². The number of rotatable bonds is 4. The van der Waals surface area contributed by atoms with Crippen molar-refractivity contribution in [2.75, 3.05) is 51.4 Å². The maximum absolute atomic E-state index is 13.2. The molecule has 0 unspecified atom stereocenters. The van der Waals surface area contributed by atoms with Gasteiger partial charge in [0.15, 0.2) is 0 Å². The van der Waals surface area contributed by atoms with Gasteiger partial charge in [-0.3, -0.25) is 4.79 Å². The molecule has 0 radical (unpaired) electrons. The molecule has 1 N–H and O–H groups in total. The van der Waals surface area contributed by atoms with Crippen LogP contribution in [0, 0.1) is 6.92 Å². The van der Waals surface area contributed by atoms with Crippen LogP contribution in [0.2, 0.25) is 0 Å². The summed E-state index contributed by atoms with van der Waals surface area (Å²) in [6.07, 6.45) is 0.536. The number of nitrogens with zero attached hydrogens (tertiary/aromatic N) is 2. The second-order valence-electron chi connectivity index (χ2n) is 7.86. The molecule has 29 heavy (non-hydrogen) atoms. The van der Waals surface area contributed by atoms with E-state index in [2.05, 4.69) is 4.90 Å². The van der Waals surface area contributed by atoms with Crippen LogP contribution < -0.4 is 9.64 Å². The Bertz CT molecular complexity index is 877. The van der Waals surface area contributed by atoms with Gasteiger partial charge in [-0.25, -0.2) is 0 Å². The number of carbonyl (C=O) groups is 1. The number of benzene rings is 2. The summed E-state index contributed by atoms with van der Waals surface area (Å²) < 4.78 is 11.0. The average molecular weight is 396 g/mol. The number of methoxy groups -OCH3 is 1. The molecular formula is C23H28N2O4. The van der Waals surface area contributed by atoms with Crippen LogP contribution in [0.3, 0.4) is 0 Å². The molecule has 0 aromatic heterocycles. The van der Waals surface area contributed by atoms with Gasteiger partial charge < -0.3 is 24.4 Å². The molecule has 2 aromatic rings. The van der Waals surface area contributed by atoms with Gasteiger partial charge in [0.2, 0.25) is 0 Å². The number of ether oxygens (including phenoxy) is 2. The fourth-order valence-electron chi connectivity index (χ4n) is 4.12. The smallest absolute Gasteiger partial charge is 0.254 e. The van der Waals surface area contributed by atoms with Crippen molar-refractivity contribution in [3.63, 3.8) is 0 Å². The van der Waals surface area contributed by atoms with Gasteiger partial charge in [0.1, 0.15) is 11.4 Å². The van der Waals surface area contributed by atoms with E-state index in [1.807, 2.05) is 43.3 Å². The first-order chi connectivity index (χ1) is 14.0. The zero-order valence-corrected chi connectivity index (χ0v) is 17.1. The van der Waals surface area contributed by atoms with Crippen LogP contribution >= 0.6 is 0 Å². The van der Waals surface area contributed by atoms with E-state index < -0.39 is 5.60 Å². The molecule has 2 fully saturated rings. The van der Waals surface area contributed by atoms with E-state index in [1.54, 1.807) is 18.1 Å². The molecule has 2 saturated heterocycles. The van der Waals surface area contributed by atoms with Crippen molar-refractivity contribution in [2.24, 2.45) is 0 Å². The summed E-state index contributed by atoms with van der Waals surface area (Å²) in [6, 6.07) is 13.4. The molecule has 6 nitrogen and oxygen atoms in total. The van der Waals surface area contributed by atoms with E-state index in [1.165, 1.54) is 0 Å². The lowest BCUT2D eigenvalue weighted by Gasteiger charge is -2.30. The van der Waals surface area contributed by atoms with Crippen molar-refractivity contribution >= 4 is 11.6 Å². The van der Waals surface area contributed by atoms with Crippen LogP contribution in [-0.4, -0.2) is 62.4 Å². The largest absolute Gasteiger partial charge is 0.495 e. The van der Waals surface area contributed by atoms with Gasteiger partial charge in [-0.1, -0.05) is 29.8 Å². The van der Waals surface area contributed by atoms with Gasteiger partial charge in [0.05, 0.1) is 32.6 Å². The summed E-state index contributed by atoms with van der Waals surface area (Å²) in [5, 5.41) is 11.1. The molecule has 0 spiro atoms. The highest BCUT2D eigenvalue weighted by Gasteiger charge is 2.40. The molecule has 0 bridgehead atoms. The third kappa shape index (κ3) is 3.95. The highest BCUT2D eigenvalue weighted by Crippen LogP contribution is 2.34. The minimum atomic E-state index is -0.997. The number of hydrogen-bond acceptors (Lipinski definition) is 5. The summed E-state index contributed by atoms with van der Waals surface area (Å²) in [6.45, 7) is 5.72. The zero-order chi connectivity index (χ0) is 20.4. The predicted molar refractivity (Wildman–Crippen MR) is 112 cm³/mol. The molecular weight excluding hydrogens is 368 g/mol. The molecule has 0 aliphatic carbocycles. The number of aryl methyl sites for hydroxylation is 1. The number of aliphatic hydroxyl groups is 1. The SMILES string of the molecule is COc1ccc(C(=O)N2CC[C@](O)(c3ccc(C)cc3)C2)cc1N1CCOCC1. The Morgan fingerprint density at radius 2 is 1.83 bits per heavy atom. The number of likely N-dealkylation sites (tertiary alicyclic amines) is 1. The Morgan fingerprint density at radius 3 is 2.52 bits per heavy atom.